The van der Waals surface area contributed by atoms with E-state index < -0.39 is 0 Å². The third-order valence-corrected chi connectivity index (χ3v) is 2.99. The van der Waals surface area contributed by atoms with E-state index in [-0.39, 0.29) is 12.4 Å². The van der Waals surface area contributed by atoms with Crippen LogP contribution in [0.3, 0.4) is 0 Å². The number of ether oxygens (including phenoxy) is 2. The second kappa shape index (κ2) is 4.91. The molecule has 2 nitrogen and oxygen atoms in total. The van der Waals surface area contributed by atoms with Gasteiger partial charge in [-0.1, -0.05) is 46.3 Å². The largest absolute Gasteiger partial charge is 0.348 e. The lowest BCUT2D eigenvalue weighted by Crippen LogP contribution is -2.27. The van der Waals surface area contributed by atoms with Crippen molar-refractivity contribution in [2.24, 2.45) is 0 Å². The normalized spacial score (nSPS) is 27.5. The first-order chi connectivity index (χ1) is 6.90. The van der Waals surface area contributed by atoms with Crippen molar-refractivity contribution >= 4 is 15.9 Å². The van der Waals surface area contributed by atoms with Gasteiger partial charge in [0.15, 0.2) is 6.29 Å². The Bertz CT molecular complexity index is 276. The van der Waals surface area contributed by atoms with Gasteiger partial charge in [-0.25, -0.2) is 0 Å². The molecular formula is C11H13BrO2. The van der Waals surface area contributed by atoms with E-state index in [1.54, 1.807) is 0 Å². The second-order valence-electron chi connectivity index (χ2n) is 3.31. The maximum atomic E-state index is 5.75. The quantitative estimate of drug-likeness (QED) is 0.758. The summed E-state index contributed by atoms with van der Waals surface area (Å²) in [6, 6.07) is 10.1. The third kappa shape index (κ3) is 2.35. The maximum absolute atomic E-state index is 5.75. The van der Waals surface area contributed by atoms with Crippen LogP contribution in [-0.4, -0.2) is 18.0 Å². The minimum atomic E-state index is -0.188. The van der Waals surface area contributed by atoms with Gasteiger partial charge in [-0.15, -0.1) is 0 Å². The Kier molecular flexibility index (Phi) is 3.56. The van der Waals surface area contributed by atoms with Crippen LogP contribution in [0.5, 0.6) is 0 Å². The highest BCUT2D eigenvalue weighted by atomic mass is 79.9. The van der Waals surface area contributed by atoms with E-state index in [4.69, 9.17) is 9.47 Å². The van der Waals surface area contributed by atoms with Crippen molar-refractivity contribution in [3.05, 3.63) is 35.9 Å². The molecule has 0 radical (unpaired) electrons. The fourth-order valence-electron chi connectivity index (χ4n) is 1.49. The minimum Gasteiger partial charge on any atom is -0.348 e. The first-order valence-electron chi connectivity index (χ1n) is 4.78. The van der Waals surface area contributed by atoms with Gasteiger partial charge in [0.2, 0.25) is 0 Å². The summed E-state index contributed by atoms with van der Waals surface area (Å²) in [5, 5.41) is 0.875. The van der Waals surface area contributed by atoms with Crippen molar-refractivity contribution in [2.45, 2.75) is 18.8 Å². The second-order valence-corrected chi connectivity index (χ2v) is 3.96. The maximum Gasteiger partial charge on any atom is 0.184 e. The first kappa shape index (κ1) is 10.1. The van der Waals surface area contributed by atoms with Crippen LogP contribution in [0.4, 0.5) is 0 Å². The molecule has 1 aromatic rings. The highest BCUT2D eigenvalue weighted by Gasteiger charge is 2.22. The standard InChI is InChI=1S/C11H13BrO2/c12-8-10-6-7-13-11(14-10)9-4-2-1-3-5-9/h1-5,10-11H,6-8H2/t10-,11+/m1/s1. The van der Waals surface area contributed by atoms with Crippen LogP contribution in [0.15, 0.2) is 30.3 Å². The van der Waals surface area contributed by atoms with Crippen molar-refractivity contribution in [3.8, 4) is 0 Å². The topological polar surface area (TPSA) is 18.5 Å². The summed E-state index contributed by atoms with van der Waals surface area (Å²) in [4.78, 5) is 0. The molecule has 3 heteroatoms. The third-order valence-electron chi connectivity index (χ3n) is 2.27. The fraction of sp³-hybridized carbons (Fsp3) is 0.455. The number of benzene rings is 1. The van der Waals surface area contributed by atoms with Crippen LogP contribution in [-0.2, 0) is 9.47 Å². The van der Waals surface area contributed by atoms with Gasteiger partial charge in [0.25, 0.3) is 0 Å². The van der Waals surface area contributed by atoms with Crippen LogP contribution >= 0.6 is 15.9 Å². The molecule has 1 aliphatic heterocycles. The highest BCUT2D eigenvalue weighted by molar-refractivity contribution is 9.09. The Morgan fingerprint density at radius 1 is 1.29 bits per heavy atom. The number of halogens is 1. The molecule has 2 rings (SSSR count). The molecule has 0 unspecified atom stereocenters. The molecule has 1 heterocycles. The molecule has 2 atom stereocenters. The lowest BCUT2D eigenvalue weighted by Gasteiger charge is -2.29. The molecule has 0 N–H and O–H groups in total. The zero-order valence-corrected chi connectivity index (χ0v) is 9.44. The van der Waals surface area contributed by atoms with Gasteiger partial charge >= 0.3 is 0 Å². The van der Waals surface area contributed by atoms with E-state index >= 15 is 0 Å². The monoisotopic (exact) mass is 256 g/mol. The van der Waals surface area contributed by atoms with Crippen molar-refractivity contribution in [1.29, 1.82) is 0 Å². The van der Waals surface area contributed by atoms with Crippen LogP contribution in [0.1, 0.15) is 18.3 Å². The van der Waals surface area contributed by atoms with E-state index in [9.17, 15) is 0 Å². The number of rotatable bonds is 2. The molecule has 1 aromatic carbocycles. The Morgan fingerprint density at radius 2 is 2.07 bits per heavy atom. The zero-order chi connectivity index (χ0) is 9.80. The lowest BCUT2D eigenvalue weighted by atomic mass is 10.2. The van der Waals surface area contributed by atoms with Gasteiger partial charge in [0.1, 0.15) is 0 Å². The van der Waals surface area contributed by atoms with Gasteiger partial charge in [-0.05, 0) is 6.42 Å². The molecule has 0 spiro atoms. The number of hydrogen-bond donors (Lipinski definition) is 0. The SMILES string of the molecule is BrC[C@H]1CCO[C@H](c2ccccc2)O1. The molecule has 0 aromatic heterocycles. The van der Waals surface area contributed by atoms with Gasteiger partial charge in [-0.3, -0.25) is 0 Å². The summed E-state index contributed by atoms with van der Waals surface area (Å²) in [6.45, 7) is 0.774. The summed E-state index contributed by atoms with van der Waals surface area (Å²) in [5.74, 6) is 0. The molecule has 1 fully saturated rings. The van der Waals surface area contributed by atoms with Crippen molar-refractivity contribution < 1.29 is 9.47 Å². The van der Waals surface area contributed by atoms with E-state index in [0.29, 0.717) is 0 Å². The van der Waals surface area contributed by atoms with E-state index in [0.717, 1.165) is 23.9 Å². The number of hydrogen-bond acceptors (Lipinski definition) is 2. The highest BCUT2D eigenvalue weighted by Crippen LogP contribution is 2.26. The van der Waals surface area contributed by atoms with Crippen molar-refractivity contribution in [3.63, 3.8) is 0 Å². The van der Waals surface area contributed by atoms with Gasteiger partial charge in [0.05, 0.1) is 12.7 Å². The fourth-order valence-corrected chi connectivity index (χ4v) is 1.96. The predicted molar refractivity (Wildman–Crippen MR) is 58.4 cm³/mol. The Morgan fingerprint density at radius 3 is 2.79 bits per heavy atom. The van der Waals surface area contributed by atoms with Crippen LogP contribution < -0.4 is 0 Å². The summed E-state index contributed by atoms with van der Waals surface area (Å²) in [7, 11) is 0. The first-order valence-corrected chi connectivity index (χ1v) is 5.90. The van der Waals surface area contributed by atoms with Crippen molar-refractivity contribution in [2.75, 3.05) is 11.9 Å². The van der Waals surface area contributed by atoms with Crippen LogP contribution in [0, 0.1) is 0 Å². The van der Waals surface area contributed by atoms with E-state index in [1.807, 2.05) is 30.3 Å². The van der Waals surface area contributed by atoms with E-state index in [2.05, 4.69) is 15.9 Å². The summed E-state index contributed by atoms with van der Waals surface area (Å²) in [5.41, 5.74) is 1.10. The summed E-state index contributed by atoms with van der Waals surface area (Å²) >= 11 is 3.43. The Balaban J connectivity index is 2.04. The molecule has 0 aliphatic carbocycles. The smallest absolute Gasteiger partial charge is 0.184 e. The Hall–Kier alpha value is -0.380. The van der Waals surface area contributed by atoms with Crippen LogP contribution in [0.25, 0.3) is 0 Å². The van der Waals surface area contributed by atoms with Gasteiger partial charge in [-0.2, -0.15) is 0 Å². The molecular weight excluding hydrogens is 244 g/mol. The summed E-state index contributed by atoms with van der Waals surface area (Å²) in [6.07, 6.45) is 1.05. The molecule has 0 saturated carbocycles. The zero-order valence-electron chi connectivity index (χ0n) is 7.86. The number of alkyl halides is 1. The molecule has 0 bridgehead atoms. The average molecular weight is 257 g/mol. The lowest BCUT2D eigenvalue weighted by molar-refractivity contribution is -0.210. The Labute approximate surface area is 92.3 Å². The summed E-state index contributed by atoms with van der Waals surface area (Å²) < 4.78 is 11.3. The van der Waals surface area contributed by atoms with Gasteiger partial charge < -0.3 is 9.47 Å². The molecule has 76 valence electrons. The molecule has 0 amide bonds. The molecule has 1 aliphatic rings. The molecule has 14 heavy (non-hydrogen) atoms. The van der Waals surface area contributed by atoms with Gasteiger partial charge in [0, 0.05) is 10.9 Å². The van der Waals surface area contributed by atoms with E-state index in [1.165, 1.54) is 0 Å². The van der Waals surface area contributed by atoms with Crippen LogP contribution in [0.2, 0.25) is 0 Å². The van der Waals surface area contributed by atoms with Crippen molar-refractivity contribution in [1.82, 2.24) is 0 Å². The molecule has 1 saturated heterocycles. The predicted octanol–water partition coefficient (Wildman–Crippen LogP) is 2.89. The average Bonchev–Trinajstić information content (AvgIpc) is 2.30. The minimum absolute atomic E-state index is 0.188.